The molecule has 1 heterocycles. The van der Waals surface area contributed by atoms with Gasteiger partial charge in [-0.25, -0.2) is 8.78 Å². The van der Waals surface area contributed by atoms with Crippen molar-refractivity contribution in [2.45, 2.75) is 26.4 Å². The van der Waals surface area contributed by atoms with E-state index in [1.54, 1.807) is 10.9 Å². The van der Waals surface area contributed by atoms with E-state index in [4.69, 9.17) is 0 Å². The number of nitrogens with zero attached hydrogens (tertiary/aromatic N) is 2. The molecule has 1 unspecified atom stereocenters. The fourth-order valence-corrected chi connectivity index (χ4v) is 1.99. The van der Waals surface area contributed by atoms with Crippen LogP contribution in [0.5, 0.6) is 0 Å². The van der Waals surface area contributed by atoms with Gasteiger partial charge in [-0.05, 0) is 32.0 Å². The number of halogens is 2. The van der Waals surface area contributed by atoms with E-state index in [1.165, 1.54) is 6.07 Å². The molecule has 3 nitrogen and oxygen atoms in total. The van der Waals surface area contributed by atoms with E-state index in [-0.39, 0.29) is 12.6 Å². The first-order valence-electron chi connectivity index (χ1n) is 6.15. The van der Waals surface area contributed by atoms with Gasteiger partial charge in [0.15, 0.2) is 0 Å². The highest BCUT2D eigenvalue weighted by Crippen LogP contribution is 2.17. The van der Waals surface area contributed by atoms with E-state index in [1.807, 2.05) is 20.9 Å². The molecule has 102 valence electrons. The maximum Gasteiger partial charge on any atom is 0.127 e. The van der Waals surface area contributed by atoms with E-state index >= 15 is 0 Å². The van der Waals surface area contributed by atoms with E-state index in [0.717, 1.165) is 23.4 Å². The Labute approximate surface area is 111 Å². The van der Waals surface area contributed by atoms with Crippen molar-refractivity contribution in [2.24, 2.45) is 7.05 Å². The maximum absolute atomic E-state index is 13.5. The average Bonchev–Trinajstić information content (AvgIpc) is 2.71. The smallest absolute Gasteiger partial charge is 0.127 e. The second-order valence-corrected chi connectivity index (χ2v) is 4.65. The number of hydrogen-bond acceptors (Lipinski definition) is 2. The van der Waals surface area contributed by atoms with Crippen LogP contribution in [-0.4, -0.2) is 9.78 Å². The predicted molar refractivity (Wildman–Crippen MR) is 69.6 cm³/mol. The molecule has 1 N–H and O–H groups in total. The summed E-state index contributed by atoms with van der Waals surface area (Å²) in [6.07, 6.45) is 1.79. The zero-order valence-corrected chi connectivity index (χ0v) is 11.2. The Morgan fingerprint density at radius 2 is 2.11 bits per heavy atom. The van der Waals surface area contributed by atoms with Gasteiger partial charge in [-0.15, -0.1) is 0 Å². The van der Waals surface area contributed by atoms with Gasteiger partial charge in [0.2, 0.25) is 0 Å². The van der Waals surface area contributed by atoms with Crippen molar-refractivity contribution in [1.29, 1.82) is 0 Å². The molecule has 19 heavy (non-hydrogen) atoms. The zero-order chi connectivity index (χ0) is 14.0. The van der Waals surface area contributed by atoms with Gasteiger partial charge in [0.25, 0.3) is 0 Å². The first-order chi connectivity index (χ1) is 8.99. The SMILES string of the molecule is Cc1c(C(C)NCc2cc(F)ccc2F)cnn1C. The molecule has 0 fully saturated rings. The lowest BCUT2D eigenvalue weighted by Gasteiger charge is -2.14. The summed E-state index contributed by atoms with van der Waals surface area (Å²) in [7, 11) is 1.87. The third-order valence-corrected chi connectivity index (χ3v) is 3.35. The lowest BCUT2D eigenvalue weighted by atomic mass is 10.1. The van der Waals surface area contributed by atoms with Crippen LogP contribution >= 0.6 is 0 Å². The van der Waals surface area contributed by atoms with Crippen molar-refractivity contribution in [2.75, 3.05) is 0 Å². The van der Waals surface area contributed by atoms with Gasteiger partial charge in [0.05, 0.1) is 6.20 Å². The van der Waals surface area contributed by atoms with Gasteiger partial charge >= 0.3 is 0 Å². The number of hydrogen-bond donors (Lipinski definition) is 1. The van der Waals surface area contributed by atoms with Gasteiger partial charge in [-0.3, -0.25) is 4.68 Å². The normalized spacial score (nSPS) is 12.7. The fraction of sp³-hybridized carbons (Fsp3) is 0.357. The second-order valence-electron chi connectivity index (χ2n) is 4.65. The molecule has 0 radical (unpaired) electrons. The van der Waals surface area contributed by atoms with Gasteiger partial charge < -0.3 is 5.32 Å². The lowest BCUT2D eigenvalue weighted by molar-refractivity contribution is 0.533. The molecular weight excluding hydrogens is 248 g/mol. The summed E-state index contributed by atoms with van der Waals surface area (Å²) in [5, 5.41) is 7.34. The van der Waals surface area contributed by atoms with Gasteiger partial charge in [0, 0.05) is 36.5 Å². The third-order valence-electron chi connectivity index (χ3n) is 3.35. The lowest BCUT2D eigenvalue weighted by Crippen LogP contribution is -2.19. The van der Waals surface area contributed by atoms with Crippen LogP contribution in [-0.2, 0) is 13.6 Å². The molecule has 0 saturated heterocycles. The van der Waals surface area contributed by atoms with E-state index in [0.29, 0.717) is 5.56 Å². The minimum Gasteiger partial charge on any atom is -0.306 e. The van der Waals surface area contributed by atoms with Gasteiger partial charge in [-0.2, -0.15) is 5.10 Å². The highest BCUT2D eigenvalue weighted by Gasteiger charge is 2.12. The molecule has 1 atom stereocenters. The number of aryl methyl sites for hydroxylation is 1. The Morgan fingerprint density at radius 1 is 1.37 bits per heavy atom. The van der Waals surface area contributed by atoms with Crippen LogP contribution in [0.1, 0.15) is 29.8 Å². The Hall–Kier alpha value is -1.75. The third kappa shape index (κ3) is 2.98. The molecule has 5 heteroatoms. The topological polar surface area (TPSA) is 29.9 Å². The molecule has 0 bridgehead atoms. The largest absolute Gasteiger partial charge is 0.306 e. The van der Waals surface area contributed by atoms with Crippen LogP contribution in [0.25, 0.3) is 0 Å². The molecule has 0 aliphatic rings. The monoisotopic (exact) mass is 265 g/mol. The van der Waals surface area contributed by atoms with Crippen LogP contribution in [0.4, 0.5) is 8.78 Å². The molecule has 0 amide bonds. The summed E-state index contributed by atoms with van der Waals surface area (Å²) in [6.45, 7) is 4.23. The molecule has 0 spiro atoms. The Balaban J connectivity index is 2.06. The molecule has 0 aliphatic carbocycles. The number of nitrogens with one attached hydrogen (secondary N) is 1. The fourth-order valence-electron chi connectivity index (χ4n) is 1.99. The van der Waals surface area contributed by atoms with Crippen LogP contribution in [0, 0.1) is 18.6 Å². The Kier molecular flexibility index (Phi) is 3.95. The summed E-state index contributed by atoms with van der Waals surface area (Å²) in [4.78, 5) is 0. The first-order valence-corrected chi connectivity index (χ1v) is 6.15. The molecule has 2 aromatic rings. The first kappa shape index (κ1) is 13.7. The van der Waals surface area contributed by atoms with Crippen molar-refractivity contribution < 1.29 is 8.78 Å². The summed E-state index contributed by atoms with van der Waals surface area (Å²) in [5.74, 6) is -0.826. The molecular formula is C14H17F2N3. The highest BCUT2D eigenvalue weighted by atomic mass is 19.1. The van der Waals surface area contributed by atoms with E-state index < -0.39 is 11.6 Å². The van der Waals surface area contributed by atoms with Crippen LogP contribution in [0.2, 0.25) is 0 Å². The summed E-state index contributed by atoms with van der Waals surface area (Å²) >= 11 is 0. The number of aromatic nitrogens is 2. The average molecular weight is 265 g/mol. The predicted octanol–water partition coefficient (Wildman–Crippen LogP) is 2.86. The van der Waals surface area contributed by atoms with E-state index in [9.17, 15) is 8.78 Å². The van der Waals surface area contributed by atoms with Crippen molar-refractivity contribution in [3.63, 3.8) is 0 Å². The standard InChI is InChI=1S/C14H17F2N3/c1-9(13-8-18-19(3)10(13)2)17-7-11-6-12(15)4-5-14(11)16/h4-6,8-9,17H,7H2,1-3H3. The van der Waals surface area contributed by atoms with Crippen molar-refractivity contribution >= 4 is 0 Å². The van der Waals surface area contributed by atoms with Crippen LogP contribution < -0.4 is 5.32 Å². The van der Waals surface area contributed by atoms with E-state index in [2.05, 4.69) is 10.4 Å². The van der Waals surface area contributed by atoms with Crippen molar-refractivity contribution in [1.82, 2.24) is 15.1 Å². The maximum atomic E-state index is 13.5. The van der Waals surface area contributed by atoms with Crippen molar-refractivity contribution in [3.05, 3.63) is 52.9 Å². The number of rotatable bonds is 4. The number of benzene rings is 1. The van der Waals surface area contributed by atoms with Crippen molar-refractivity contribution in [3.8, 4) is 0 Å². The minimum atomic E-state index is -0.427. The zero-order valence-electron chi connectivity index (χ0n) is 11.2. The second kappa shape index (κ2) is 5.48. The van der Waals surface area contributed by atoms with Gasteiger partial charge in [0.1, 0.15) is 11.6 Å². The summed E-state index contributed by atoms with van der Waals surface area (Å²) in [5.41, 5.74) is 2.44. The molecule has 2 rings (SSSR count). The van der Waals surface area contributed by atoms with Gasteiger partial charge in [-0.1, -0.05) is 0 Å². The molecule has 1 aromatic carbocycles. The molecule has 0 aliphatic heterocycles. The molecule has 0 saturated carbocycles. The quantitative estimate of drug-likeness (QED) is 0.921. The van der Waals surface area contributed by atoms with Crippen LogP contribution in [0.15, 0.2) is 24.4 Å². The summed E-state index contributed by atoms with van der Waals surface area (Å²) < 4.78 is 28.3. The Bertz CT molecular complexity index is 578. The Morgan fingerprint density at radius 3 is 2.74 bits per heavy atom. The highest BCUT2D eigenvalue weighted by molar-refractivity contribution is 5.22. The van der Waals surface area contributed by atoms with Crippen LogP contribution in [0.3, 0.4) is 0 Å². The minimum absolute atomic E-state index is 0.0244. The summed E-state index contributed by atoms with van der Waals surface area (Å²) in [6, 6.07) is 3.50. The molecule has 1 aromatic heterocycles.